The molecule has 1 heterocycles. The van der Waals surface area contributed by atoms with Crippen LogP contribution in [0.4, 0.5) is 0 Å². The molecule has 5 heteroatoms. The molecular formula is C23H25NO3S. The number of fused-ring (bicyclic) bond motifs is 1. The van der Waals surface area contributed by atoms with Crippen molar-refractivity contribution in [2.45, 2.75) is 33.2 Å². The summed E-state index contributed by atoms with van der Waals surface area (Å²) in [5.74, 6) is -0.494. The standard InChI is InChI=1S/C23H25NO3S/c1-3-10-19-18-13-8-9-14-20(18)28-22(19)23(26)24(16-21(25)27-4-2)15-17-11-6-5-7-12-17/h5-9,11-14H,3-4,10,15-16H2,1-2H3. The van der Waals surface area contributed by atoms with Crippen LogP contribution in [0.3, 0.4) is 0 Å². The Bertz CT molecular complexity index is 949. The number of esters is 1. The number of amides is 1. The lowest BCUT2D eigenvalue weighted by molar-refractivity contribution is -0.143. The molecule has 3 rings (SSSR count). The molecule has 0 aliphatic rings. The van der Waals surface area contributed by atoms with Crippen LogP contribution in [0, 0.1) is 0 Å². The molecule has 2 aromatic carbocycles. The van der Waals surface area contributed by atoms with Gasteiger partial charge in [0.25, 0.3) is 5.91 Å². The number of carbonyl (C=O) groups excluding carboxylic acids is 2. The lowest BCUT2D eigenvalue weighted by Gasteiger charge is -2.22. The number of hydrogen-bond acceptors (Lipinski definition) is 4. The molecule has 0 saturated carbocycles. The van der Waals surface area contributed by atoms with E-state index in [4.69, 9.17) is 4.74 Å². The second-order valence-corrected chi connectivity index (χ2v) is 7.66. The zero-order valence-electron chi connectivity index (χ0n) is 16.3. The Labute approximate surface area is 169 Å². The van der Waals surface area contributed by atoms with Gasteiger partial charge < -0.3 is 9.64 Å². The summed E-state index contributed by atoms with van der Waals surface area (Å²) in [5.41, 5.74) is 2.06. The van der Waals surface area contributed by atoms with E-state index >= 15 is 0 Å². The summed E-state index contributed by atoms with van der Waals surface area (Å²) >= 11 is 1.51. The predicted molar refractivity (Wildman–Crippen MR) is 114 cm³/mol. The van der Waals surface area contributed by atoms with Gasteiger partial charge in [-0.15, -0.1) is 11.3 Å². The number of rotatable bonds is 8. The van der Waals surface area contributed by atoms with Crippen molar-refractivity contribution in [3.05, 3.63) is 70.6 Å². The third-order valence-corrected chi connectivity index (χ3v) is 5.72. The van der Waals surface area contributed by atoms with E-state index in [1.165, 1.54) is 11.3 Å². The van der Waals surface area contributed by atoms with Gasteiger partial charge in [0, 0.05) is 11.2 Å². The highest BCUT2D eigenvalue weighted by atomic mass is 32.1. The smallest absolute Gasteiger partial charge is 0.325 e. The summed E-state index contributed by atoms with van der Waals surface area (Å²) in [5, 5.41) is 1.13. The molecule has 146 valence electrons. The summed E-state index contributed by atoms with van der Waals surface area (Å²) in [4.78, 5) is 28.0. The lowest BCUT2D eigenvalue weighted by Crippen LogP contribution is -2.36. The molecule has 0 saturated heterocycles. The fourth-order valence-corrected chi connectivity index (χ4v) is 4.50. The fraction of sp³-hybridized carbons (Fsp3) is 0.304. The minimum Gasteiger partial charge on any atom is -0.465 e. The van der Waals surface area contributed by atoms with Crippen LogP contribution in [-0.4, -0.2) is 29.9 Å². The molecule has 0 radical (unpaired) electrons. The van der Waals surface area contributed by atoms with Crippen LogP contribution >= 0.6 is 11.3 Å². The second-order valence-electron chi connectivity index (χ2n) is 6.61. The maximum Gasteiger partial charge on any atom is 0.325 e. The molecule has 0 atom stereocenters. The second kappa shape index (κ2) is 9.51. The average molecular weight is 396 g/mol. The van der Waals surface area contributed by atoms with E-state index in [2.05, 4.69) is 13.0 Å². The first-order valence-electron chi connectivity index (χ1n) is 9.63. The normalized spacial score (nSPS) is 10.8. The van der Waals surface area contributed by atoms with E-state index in [9.17, 15) is 9.59 Å². The van der Waals surface area contributed by atoms with Crippen molar-refractivity contribution in [3.63, 3.8) is 0 Å². The third kappa shape index (κ3) is 4.60. The monoisotopic (exact) mass is 395 g/mol. The van der Waals surface area contributed by atoms with Gasteiger partial charge in [0.1, 0.15) is 6.54 Å². The van der Waals surface area contributed by atoms with Crippen LogP contribution in [0.15, 0.2) is 54.6 Å². The van der Waals surface area contributed by atoms with Crippen molar-refractivity contribution >= 4 is 33.3 Å². The van der Waals surface area contributed by atoms with Crippen LogP contribution < -0.4 is 0 Å². The summed E-state index contributed by atoms with van der Waals surface area (Å²) in [6.07, 6.45) is 1.79. The van der Waals surface area contributed by atoms with Crippen LogP contribution in [-0.2, 0) is 22.5 Å². The summed E-state index contributed by atoms with van der Waals surface area (Å²) in [7, 11) is 0. The van der Waals surface area contributed by atoms with Crippen molar-refractivity contribution in [1.82, 2.24) is 4.90 Å². The summed E-state index contributed by atoms with van der Waals surface area (Å²) in [6.45, 7) is 4.50. The van der Waals surface area contributed by atoms with Crippen LogP contribution in [0.5, 0.6) is 0 Å². The number of aryl methyl sites for hydroxylation is 1. The molecule has 0 aliphatic carbocycles. The highest BCUT2D eigenvalue weighted by Gasteiger charge is 2.25. The van der Waals surface area contributed by atoms with Gasteiger partial charge in [0.15, 0.2) is 0 Å². The molecule has 4 nitrogen and oxygen atoms in total. The Morgan fingerprint density at radius 1 is 1.00 bits per heavy atom. The highest BCUT2D eigenvalue weighted by Crippen LogP contribution is 2.33. The van der Waals surface area contributed by atoms with E-state index in [-0.39, 0.29) is 18.4 Å². The Kier molecular flexibility index (Phi) is 6.82. The number of hydrogen-bond donors (Lipinski definition) is 0. The van der Waals surface area contributed by atoms with Gasteiger partial charge >= 0.3 is 5.97 Å². The minimum absolute atomic E-state index is 0.0542. The van der Waals surface area contributed by atoms with Gasteiger partial charge in [0.2, 0.25) is 0 Å². The van der Waals surface area contributed by atoms with Crippen molar-refractivity contribution in [2.24, 2.45) is 0 Å². The van der Waals surface area contributed by atoms with Crippen molar-refractivity contribution in [1.29, 1.82) is 0 Å². The quantitative estimate of drug-likeness (QED) is 0.501. The largest absolute Gasteiger partial charge is 0.465 e. The van der Waals surface area contributed by atoms with Crippen molar-refractivity contribution in [2.75, 3.05) is 13.2 Å². The van der Waals surface area contributed by atoms with Crippen molar-refractivity contribution < 1.29 is 14.3 Å². The number of nitrogens with zero attached hydrogens (tertiary/aromatic N) is 1. The maximum absolute atomic E-state index is 13.5. The maximum atomic E-state index is 13.5. The van der Waals surface area contributed by atoms with Crippen molar-refractivity contribution in [3.8, 4) is 0 Å². The molecule has 0 spiro atoms. The molecular weight excluding hydrogens is 370 g/mol. The first-order valence-corrected chi connectivity index (χ1v) is 10.4. The predicted octanol–water partition coefficient (Wildman–Crippen LogP) is 5.06. The van der Waals surface area contributed by atoms with E-state index in [1.807, 2.05) is 48.5 Å². The van der Waals surface area contributed by atoms with Crippen LogP contribution in [0.1, 0.15) is 41.1 Å². The molecule has 0 fully saturated rings. The van der Waals surface area contributed by atoms with Gasteiger partial charge in [0.05, 0.1) is 11.5 Å². The highest BCUT2D eigenvalue weighted by molar-refractivity contribution is 7.21. The molecule has 0 unspecified atom stereocenters. The van der Waals surface area contributed by atoms with Gasteiger partial charge in [-0.05, 0) is 35.9 Å². The molecule has 1 amide bonds. The average Bonchev–Trinajstić information content (AvgIpc) is 3.07. The fourth-order valence-electron chi connectivity index (χ4n) is 3.28. The van der Waals surface area contributed by atoms with Gasteiger partial charge in [-0.2, -0.15) is 0 Å². The summed E-state index contributed by atoms with van der Waals surface area (Å²) in [6, 6.07) is 17.8. The Morgan fingerprint density at radius 2 is 1.71 bits per heavy atom. The Morgan fingerprint density at radius 3 is 2.43 bits per heavy atom. The first kappa shape index (κ1) is 20.1. The number of carbonyl (C=O) groups is 2. The summed E-state index contributed by atoms with van der Waals surface area (Å²) < 4.78 is 6.21. The molecule has 1 aromatic heterocycles. The SMILES string of the molecule is CCCc1c(C(=O)N(CC(=O)OCC)Cc2ccccc2)sc2ccccc12. The van der Waals surface area contributed by atoms with Crippen LogP contribution in [0.2, 0.25) is 0 Å². The molecule has 0 bridgehead atoms. The Balaban J connectivity index is 1.97. The van der Waals surface area contributed by atoms with Gasteiger partial charge in [-0.1, -0.05) is 61.9 Å². The first-order chi connectivity index (χ1) is 13.6. The number of benzene rings is 2. The number of thiophene rings is 1. The van der Waals surface area contributed by atoms with E-state index < -0.39 is 0 Å². The van der Waals surface area contributed by atoms with E-state index in [1.54, 1.807) is 11.8 Å². The van der Waals surface area contributed by atoms with E-state index in [0.29, 0.717) is 13.2 Å². The Hall–Kier alpha value is -2.66. The molecule has 3 aromatic rings. The molecule has 28 heavy (non-hydrogen) atoms. The van der Waals surface area contributed by atoms with Gasteiger partial charge in [-0.3, -0.25) is 9.59 Å². The van der Waals surface area contributed by atoms with Crippen LogP contribution in [0.25, 0.3) is 10.1 Å². The van der Waals surface area contributed by atoms with Gasteiger partial charge in [-0.25, -0.2) is 0 Å². The topological polar surface area (TPSA) is 46.6 Å². The molecule has 0 aliphatic heterocycles. The zero-order chi connectivity index (χ0) is 19.9. The third-order valence-electron chi connectivity index (χ3n) is 4.52. The van der Waals surface area contributed by atoms with E-state index in [0.717, 1.165) is 38.9 Å². The lowest BCUT2D eigenvalue weighted by atomic mass is 10.1. The zero-order valence-corrected chi connectivity index (χ0v) is 17.1. The molecule has 0 N–H and O–H groups in total. The minimum atomic E-state index is -0.384. The number of ether oxygens (including phenoxy) is 1.